The van der Waals surface area contributed by atoms with Gasteiger partial charge in [-0.05, 0) is 42.8 Å². The molecule has 0 spiro atoms. The van der Waals surface area contributed by atoms with Crippen molar-refractivity contribution in [3.05, 3.63) is 65.7 Å². The number of methoxy groups -OCH3 is 4. The number of nitrogens with zero attached hydrogens (tertiary/aromatic N) is 2. The standard InChI is InChI=1S/C29H33N3O5/c1-6-7-13-32-25-12-11-19(29(33)30-18-20-9-8-10-26(36-4)27(20)37-5)16-24(25)31-28(32)21-14-22(34-2)17-23(15-21)35-3/h8-12,14-17H,6-7,13,18H2,1-5H3,(H,30,33). The van der Waals surface area contributed by atoms with E-state index in [1.807, 2.05) is 54.6 Å². The zero-order valence-electron chi connectivity index (χ0n) is 22.0. The van der Waals surface area contributed by atoms with E-state index in [-0.39, 0.29) is 5.91 Å². The number of hydrogen-bond acceptors (Lipinski definition) is 6. The molecule has 0 aliphatic carbocycles. The van der Waals surface area contributed by atoms with Crippen LogP contribution >= 0.6 is 0 Å². The molecule has 1 amide bonds. The third-order valence-corrected chi connectivity index (χ3v) is 6.28. The van der Waals surface area contributed by atoms with Gasteiger partial charge in [0.25, 0.3) is 5.91 Å². The van der Waals surface area contributed by atoms with Crippen molar-refractivity contribution in [1.29, 1.82) is 0 Å². The number of aryl methyl sites for hydroxylation is 1. The Balaban J connectivity index is 1.66. The van der Waals surface area contributed by atoms with Crippen molar-refractivity contribution in [2.24, 2.45) is 0 Å². The molecule has 194 valence electrons. The topological polar surface area (TPSA) is 83.8 Å². The van der Waals surface area contributed by atoms with Crippen LogP contribution in [-0.2, 0) is 13.1 Å². The second-order valence-corrected chi connectivity index (χ2v) is 8.58. The predicted molar refractivity (Wildman–Crippen MR) is 144 cm³/mol. The number of aromatic nitrogens is 2. The minimum Gasteiger partial charge on any atom is -0.497 e. The van der Waals surface area contributed by atoms with Crippen molar-refractivity contribution in [3.63, 3.8) is 0 Å². The number of imidazole rings is 1. The first kappa shape index (κ1) is 25.9. The Morgan fingerprint density at radius 3 is 2.32 bits per heavy atom. The Morgan fingerprint density at radius 1 is 0.919 bits per heavy atom. The molecule has 0 bridgehead atoms. The molecule has 0 radical (unpaired) electrons. The molecule has 3 aromatic carbocycles. The molecule has 0 aliphatic heterocycles. The first-order valence-corrected chi connectivity index (χ1v) is 12.2. The molecule has 1 aromatic heterocycles. The van der Waals surface area contributed by atoms with Crippen molar-refractivity contribution >= 4 is 16.9 Å². The number of carbonyl (C=O) groups is 1. The number of unbranched alkanes of at least 4 members (excludes halogenated alkanes) is 1. The van der Waals surface area contributed by atoms with Crippen LogP contribution in [0.15, 0.2) is 54.6 Å². The van der Waals surface area contributed by atoms with Crippen LogP contribution in [0.4, 0.5) is 0 Å². The van der Waals surface area contributed by atoms with Gasteiger partial charge in [0.2, 0.25) is 0 Å². The highest BCUT2D eigenvalue weighted by atomic mass is 16.5. The van der Waals surface area contributed by atoms with Gasteiger partial charge in [-0.3, -0.25) is 4.79 Å². The number of hydrogen-bond donors (Lipinski definition) is 1. The summed E-state index contributed by atoms with van der Waals surface area (Å²) in [6, 6.07) is 16.9. The maximum atomic E-state index is 13.1. The molecule has 4 aromatic rings. The van der Waals surface area contributed by atoms with E-state index < -0.39 is 0 Å². The smallest absolute Gasteiger partial charge is 0.251 e. The Bertz CT molecular complexity index is 1370. The molecule has 1 N–H and O–H groups in total. The molecule has 0 fully saturated rings. The number of carbonyl (C=O) groups excluding carboxylic acids is 1. The largest absolute Gasteiger partial charge is 0.497 e. The van der Waals surface area contributed by atoms with Gasteiger partial charge in [0.15, 0.2) is 11.5 Å². The van der Waals surface area contributed by atoms with Gasteiger partial charge in [-0.25, -0.2) is 4.98 Å². The van der Waals surface area contributed by atoms with Crippen LogP contribution in [0.2, 0.25) is 0 Å². The highest BCUT2D eigenvalue weighted by Gasteiger charge is 2.17. The van der Waals surface area contributed by atoms with Crippen LogP contribution in [0.5, 0.6) is 23.0 Å². The molecular weight excluding hydrogens is 470 g/mol. The molecule has 1 heterocycles. The molecular formula is C29H33N3O5. The SMILES string of the molecule is CCCCn1c(-c2cc(OC)cc(OC)c2)nc2cc(C(=O)NCc3cccc(OC)c3OC)ccc21. The van der Waals surface area contributed by atoms with E-state index in [9.17, 15) is 4.79 Å². The summed E-state index contributed by atoms with van der Waals surface area (Å²) in [5.41, 5.74) is 3.97. The van der Waals surface area contributed by atoms with Crippen molar-refractivity contribution in [2.45, 2.75) is 32.9 Å². The molecule has 0 aliphatic rings. The third kappa shape index (κ3) is 5.48. The lowest BCUT2D eigenvalue weighted by atomic mass is 10.1. The van der Waals surface area contributed by atoms with Crippen molar-refractivity contribution in [2.75, 3.05) is 28.4 Å². The van der Waals surface area contributed by atoms with E-state index in [0.29, 0.717) is 35.1 Å². The second-order valence-electron chi connectivity index (χ2n) is 8.58. The summed E-state index contributed by atoms with van der Waals surface area (Å²) in [5.74, 6) is 3.22. The second kappa shape index (κ2) is 11.7. The highest BCUT2D eigenvalue weighted by Crippen LogP contribution is 2.33. The maximum absolute atomic E-state index is 13.1. The average molecular weight is 504 g/mol. The molecule has 4 rings (SSSR count). The van der Waals surface area contributed by atoms with Crippen molar-refractivity contribution in [1.82, 2.24) is 14.9 Å². The molecule has 0 unspecified atom stereocenters. The average Bonchev–Trinajstić information content (AvgIpc) is 3.31. The lowest BCUT2D eigenvalue weighted by Gasteiger charge is -2.13. The van der Waals surface area contributed by atoms with E-state index in [1.165, 1.54) is 0 Å². The Morgan fingerprint density at radius 2 is 1.68 bits per heavy atom. The molecule has 8 heteroatoms. The molecule has 0 saturated heterocycles. The Kier molecular flexibility index (Phi) is 8.18. The lowest BCUT2D eigenvalue weighted by molar-refractivity contribution is 0.0950. The van der Waals surface area contributed by atoms with Crippen LogP contribution in [0.3, 0.4) is 0 Å². The summed E-state index contributed by atoms with van der Waals surface area (Å²) in [6.07, 6.45) is 2.05. The maximum Gasteiger partial charge on any atom is 0.251 e. The van der Waals surface area contributed by atoms with Crippen molar-refractivity contribution < 1.29 is 23.7 Å². The Hall–Kier alpha value is -4.20. The molecule has 0 saturated carbocycles. The van der Waals surface area contributed by atoms with E-state index in [1.54, 1.807) is 28.4 Å². The minimum atomic E-state index is -0.195. The summed E-state index contributed by atoms with van der Waals surface area (Å²) >= 11 is 0. The van der Waals surface area contributed by atoms with Gasteiger partial charge in [-0.15, -0.1) is 0 Å². The number of ether oxygens (including phenoxy) is 4. The van der Waals surface area contributed by atoms with Crippen LogP contribution < -0.4 is 24.3 Å². The number of amides is 1. The van der Waals surface area contributed by atoms with Crippen LogP contribution in [-0.4, -0.2) is 43.9 Å². The van der Waals surface area contributed by atoms with Gasteiger partial charge in [-0.2, -0.15) is 0 Å². The summed E-state index contributed by atoms with van der Waals surface area (Å²) in [7, 11) is 6.43. The zero-order valence-corrected chi connectivity index (χ0v) is 22.0. The summed E-state index contributed by atoms with van der Waals surface area (Å²) in [5, 5.41) is 2.98. The van der Waals surface area contributed by atoms with Gasteiger partial charge < -0.3 is 28.8 Å². The highest BCUT2D eigenvalue weighted by molar-refractivity contribution is 5.98. The van der Waals surface area contributed by atoms with Crippen LogP contribution in [0, 0.1) is 0 Å². The Labute approximate surface area is 217 Å². The molecule has 37 heavy (non-hydrogen) atoms. The monoisotopic (exact) mass is 503 g/mol. The third-order valence-electron chi connectivity index (χ3n) is 6.28. The quantitative estimate of drug-likeness (QED) is 0.292. The number of fused-ring (bicyclic) bond motifs is 1. The van der Waals surface area contributed by atoms with Gasteiger partial charge in [0, 0.05) is 35.8 Å². The van der Waals surface area contributed by atoms with Gasteiger partial charge in [0.1, 0.15) is 17.3 Å². The van der Waals surface area contributed by atoms with E-state index in [4.69, 9.17) is 23.9 Å². The summed E-state index contributed by atoms with van der Waals surface area (Å²) < 4.78 is 24.0. The summed E-state index contributed by atoms with van der Waals surface area (Å²) in [4.78, 5) is 18.0. The predicted octanol–water partition coefficient (Wildman–Crippen LogP) is 5.47. The minimum absolute atomic E-state index is 0.195. The van der Waals surface area contributed by atoms with Gasteiger partial charge >= 0.3 is 0 Å². The summed E-state index contributed by atoms with van der Waals surface area (Å²) in [6.45, 7) is 3.27. The first-order chi connectivity index (χ1) is 18.0. The number of rotatable bonds is 11. The normalized spacial score (nSPS) is 10.8. The fraction of sp³-hybridized carbons (Fsp3) is 0.310. The van der Waals surface area contributed by atoms with Gasteiger partial charge in [-0.1, -0.05) is 25.5 Å². The lowest BCUT2D eigenvalue weighted by Crippen LogP contribution is -2.23. The van der Waals surface area contributed by atoms with E-state index in [0.717, 1.165) is 47.4 Å². The van der Waals surface area contributed by atoms with Gasteiger partial charge in [0.05, 0.1) is 39.5 Å². The fourth-order valence-corrected chi connectivity index (χ4v) is 4.34. The van der Waals surface area contributed by atoms with Crippen molar-refractivity contribution in [3.8, 4) is 34.4 Å². The first-order valence-electron chi connectivity index (χ1n) is 12.2. The fourth-order valence-electron chi connectivity index (χ4n) is 4.34. The van der Waals surface area contributed by atoms with Crippen LogP contribution in [0.1, 0.15) is 35.7 Å². The van der Waals surface area contributed by atoms with Crippen LogP contribution in [0.25, 0.3) is 22.4 Å². The molecule has 0 atom stereocenters. The zero-order chi connectivity index (χ0) is 26.4. The number of nitrogens with one attached hydrogen (secondary N) is 1. The van der Waals surface area contributed by atoms with E-state index >= 15 is 0 Å². The van der Waals surface area contributed by atoms with E-state index in [2.05, 4.69) is 16.8 Å². The number of para-hydroxylation sites is 1. The molecule has 8 nitrogen and oxygen atoms in total. The number of benzene rings is 3.